The van der Waals surface area contributed by atoms with E-state index in [0.717, 1.165) is 22.3 Å². The van der Waals surface area contributed by atoms with Crippen LogP contribution < -0.4 is 5.73 Å². The number of fused-ring (bicyclic) bond motifs is 1. The zero-order valence-corrected chi connectivity index (χ0v) is 12.2. The lowest BCUT2D eigenvalue weighted by molar-refractivity contribution is -0.146. The van der Waals surface area contributed by atoms with Crippen molar-refractivity contribution in [3.8, 4) is 0 Å². The van der Waals surface area contributed by atoms with Gasteiger partial charge in [-0.1, -0.05) is 32.1 Å². The molecule has 5 nitrogen and oxygen atoms in total. The lowest BCUT2D eigenvalue weighted by Gasteiger charge is -2.22. The number of nitrogens with two attached hydrogens (primary N) is 1. The zero-order valence-electron chi connectivity index (χ0n) is 11.4. The van der Waals surface area contributed by atoms with E-state index < -0.39 is 12.0 Å². The maximum Gasteiger partial charge on any atom is 0.453 e. The van der Waals surface area contributed by atoms with Gasteiger partial charge in [0.25, 0.3) is 5.82 Å². The van der Waals surface area contributed by atoms with Crippen LogP contribution in [0.1, 0.15) is 38.0 Å². The Balaban J connectivity index is 2.19. The summed E-state index contributed by atoms with van der Waals surface area (Å²) in [6, 6.07) is -0.145. The Bertz CT molecular complexity index is 595. The summed E-state index contributed by atoms with van der Waals surface area (Å²) in [5.41, 5.74) is 6.07. The lowest BCUT2D eigenvalue weighted by atomic mass is 9.87. The molecule has 2 aromatic rings. The summed E-state index contributed by atoms with van der Waals surface area (Å²) in [5.74, 6) is -1.10. The average Bonchev–Trinajstić information content (AvgIpc) is 2.70. The predicted octanol–water partition coefficient (Wildman–Crippen LogP) is 2.51. The maximum atomic E-state index is 12.7. The molecular weight excluding hydrogens is 291 g/mol. The number of halogens is 3. The van der Waals surface area contributed by atoms with E-state index >= 15 is 0 Å². The lowest BCUT2D eigenvalue weighted by Crippen LogP contribution is -2.28. The summed E-state index contributed by atoms with van der Waals surface area (Å²) >= 11 is 1.09. The van der Waals surface area contributed by atoms with Gasteiger partial charge >= 0.3 is 6.18 Å². The first-order chi connectivity index (χ1) is 9.06. The molecule has 2 aromatic heterocycles. The van der Waals surface area contributed by atoms with Crippen molar-refractivity contribution in [2.24, 2.45) is 11.1 Å². The van der Waals surface area contributed by atoms with Gasteiger partial charge in [-0.25, -0.2) is 0 Å². The van der Waals surface area contributed by atoms with Gasteiger partial charge in [-0.3, -0.25) is 0 Å². The van der Waals surface area contributed by atoms with E-state index in [1.165, 1.54) is 0 Å². The number of rotatable bonds is 3. The molecule has 1 unspecified atom stereocenters. The van der Waals surface area contributed by atoms with Crippen molar-refractivity contribution in [2.45, 2.75) is 45.8 Å². The Kier molecular flexibility index (Phi) is 3.76. The summed E-state index contributed by atoms with van der Waals surface area (Å²) in [6.07, 6.45) is -3.36. The fourth-order valence-corrected chi connectivity index (χ4v) is 2.92. The van der Waals surface area contributed by atoms with Gasteiger partial charge in [0.05, 0.1) is 0 Å². The molecule has 0 aliphatic rings. The minimum absolute atomic E-state index is 0.0650. The molecule has 112 valence electrons. The quantitative estimate of drug-likeness (QED) is 0.946. The number of nitrogens with zero attached hydrogens (tertiary/aromatic N) is 4. The largest absolute Gasteiger partial charge is 0.453 e. The third-order valence-electron chi connectivity index (χ3n) is 2.60. The second-order valence-electron chi connectivity index (χ2n) is 5.94. The Hall–Kier alpha value is -1.22. The monoisotopic (exact) mass is 307 g/mol. The van der Waals surface area contributed by atoms with Crippen molar-refractivity contribution in [1.29, 1.82) is 0 Å². The summed E-state index contributed by atoms with van der Waals surface area (Å²) in [6.45, 7) is 6.19. The first-order valence-corrected chi connectivity index (χ1v) is 6.92. The van der Waals surface area contributed by atoms with Gasteiger partial charge in [-0.2, -0.15) is 22.8 Å². The summed E-state index contributed by atoms with van der Waals surface area (Å²) in [5, 5.41) is 11.1. The highest BCUT2D eigenvalue weighted by Gasteiger charge is 2.38. The van der Waals surface area contributed by atoms with Crippen LogP contribution in [-0.4, -0.2) is 25.9 Å². The van der Waals surface area contributed by atoms with Crippen molar-refractivity contribution in [2.75, 3.05) is 0 Å². The van der Waals surface area contributed by atoms with Gasteiger partial charge in [0.1, 0.15) is 5.01 Å². The summed E-state index contributed by atoms with van der Waals surface area (Å²) < 4.78 is 38.7. The zero-order chi connectivity index (χ0) is 15.1. The van der Waals surface area contributed by atoms with E-state index in [2.05, 4.69) is 36.1 Å². The van der Waals surface area contributed by atoms with Crippen molar-refractivity contribution >= 4 is 16.3 Å². The van der Waals surface area contributed by atoms with E-state index in [9.17, 15) is 13.2 Å². The smallest absolute Gasteiger partial charge is 0.327 e. The minimum Gasteiger partial charge on any atom is -0.327 e. The molecule has 2 rings (SSSR count). The van der Waals surface area contributed by atoms with Gasteiger partial charge in [0, 0.05) is 12.5 Å². The Labute approximate surface area is 118 Å². The molecule has 9 heteroatoms. The molecule has 0 aliphatic carbocycles. The van der Waals surface area contributed by atoms with Crippen LogP contribution in [0.15, 0.2) is 0 Å². The molecule has 0 bridgehead atoms. The van der Waals surface area contributed by atoms with Crippen molar-refractivity contribution in [3.63, 3.8) is 0 Å². The highest BCUT2D eigenvalue weighted by atomic mass is 32.1. The number of alkyl halides is 3. The molecule has 0 fully saturated rings. The highest BCUT2D eigenvalue weighted by Crippen LogP contribution is 2.29. The van der Waals surface area contributed by atoms with Crippen LogP contribution in [-0.2, 0) is 12.6 Å². The van der Waals surface area contributed by atoms with Gasteiger partial charge in [-0.15, -0.1) is 10.2 Å². The Morgan fingerprint density at radius 3 is 2.45 bits per heavy atom. The van der Waals surface area contributed by atoms with Crippen LogP contribution >= 0.6 is 11.3 Å². The van der Waals surface area contributed by atoms with Crippen LogP contribution in [0.25, 0.3) is 4.96 Å². The third kappa shape index (κ3) is 3.45. The first-order valence-electron chi connectivity index (χ1n) is 6.10. The SMILES string of the molecule is CC(C)(C)CC(N)Cc1nn2c(C(F)(F)F)nnc2s1. The molecule has 0 saturated carbocycles. The van der Waals surface area contributed by atoms with E-state index in [0.29, 0.717) is 11.4 Å². The molecule has 2 heterocycles. The fraction of sp³-hybridized carbons (Fsp3) is 0.727. The molecule has 0 saturated heterocycles. The fourth-order valence-electron chi connectivity index (χ4n) is 2.00. The maximum absolute atomic E-state index is 12.7. The predicted molar refractivity (Wildman–Crippen MR) is 69.4 cm³/mol. The number of aromatic nitrogens is 4. The molecule has 0 aliphatic heterocycles. The van der Waals surface area contributed by atoms with Gasteiger partial charge in [-0.05, 0) is 11.8 Å². The average molecular weight is 307 g/mol. The van der Waals surface area contributed by atoms with Crippen molar-refractivity contribution in [1.82, 2.24) is 19.8 Å². The highest BCUT2D eigenvalue weighted by molar-refractivity contribution is 7.16. The Morgan fingerprint density at radius 1 is 1.25 bits per heavy atom. The van der Waals surface area contributed by atoms with E-state index in [1.807, 2.05) is 0 Å². The summed E-state index contributed by atoms with van der Waals surface area (Å²) in [7, 11) is 0. The van der Waals surface area contributed by atoms with Crippen LogP contribution in [0.3, 0.4) is 0 Å². The first kappa shape index (κ1) is 15.2. The molecular formula is C11H16F3N5S. The van der Waals surface area contributed by atoms with Gasteiger partial charge in [0.2, 0.25) is 4.96 Å². The van der Waals surface area contributed by atoms with E-state index in [-0.39, 0.29) is 16.4 Å². The van der Waals surface area contributed by atoms with Gasteiger partial charge in [0.15, 0.2) is 0 Å². The van der Waals surface area contributed by atoms with Crippen molar-refractivity contribution in [3.05, 3.63) is 10.8 Å². The molecule has 0 amide bonds. The molecule has 0 spiro atoms. The van der Waals surface area contributed by atoms with E-state index in [1.54, 1.807) is 0 Å². The Morgan fingerprint density at radius 2 is 1.90 bits per heavy atom. The molecule has 2 N–H and O–H groups in total. The summed E-state index contributed by atoms with van der Waals surface area (Å²) in [4.78, 5) is 0.135. The van der Waals surface area contributed by atoms with Gasteiger partial charge < -0.3 is 5.73 Å². The topological polar surface area (TPSA) is 69.1 Å². The van der Waals surface area contributed by atoms with E-state index in [4.69, 9.17) is 5.73 Å². The number of hydrogen-bond donors (Lipinski definition) is 1. The molecule has 0 radical (unpaired) electrons. The van der Waals surface area contributed by atoms with Crippen LogP contribution in [0, 0.1) is 5.41 Å². The second kappa shape index (κ2) is 4.96. The minimum atomic E-state index is -4.56. The van der Waals surface area contributed by atoms with Crippen LogP contribution in [0.5, 0.6) is 0 Å². The molecule has 20 heavy (non-hydrogen) atoms. The van der Waals surface area contributed by atoms with Crippen LogP contribution in [0.4, 0.5) is 13.2 Å². The third-order valence-corrected chi connectivity index (χ3v) is 3.52. The molecule has 1 atom stereocenters. The van der Waals surface area contributed by atoms with Crippen LogP contribution in [0.2, 0.25) is 0 Å². The van der Waals surface area contributed by atoms with Crippen molar-refractivity contribution < 1.29 is 13.2 Å². The second-order valence-corrected chi connectivity index (χ2v) is 6.98. The molecule has 0 aromatic carbocycles. The standard InChI is InChI=1S/C11H16F3N5S/c1-10(2,3)5-6(15)4-7-18-19-8(11(12,13)14)16-17-9(19)20-7/h6H,4-5,15H2,1-3H3. The number of hydrogen-bond acceptors (Lipinski definition) is 5. The normalized spacial score (nSPS) is 14.9.